The number of benzene rings is 1. The van der Waals surface area contributed by atoms with Crippen molar-refractivity contribution in [1.82, 2.24) is 19.9 Å². The van der Waals surface area contributed by atoms with Crippen LogP contribution in [0.2, 0.25) is 0 Å². The Balaban J connectivity index is 1.43. The summed E-state index contributed by atoms with van der Waals surface area (Å²) in [6, 6.07) is 8.26. The minimum Gasteiger partial charge on any atom is -0.470 e. The van der Waals surface area contributed by atoms with Crippen molar-refractivity contribution in [3.8, 4) is 17.3 Å². The zero-order chi connectivity index (χ0) is 22.2. The van der Waals surface area contributed by atoms with Gasteiger partial charge in [-0.2, -0.15) is 0 Å². The number of carbonyl (C=O) groups excluding carboxylic acids is 1. The Kier molecular flexibility index (Phi) is 5.28. The van der Waals surface area contributed by atoms with Gasteiger partial charge >= 0.3 is 0 Å². The number of piperidine rings is 2. The van der Waals surface area contributed by atoms with E-state index in [0.29, 0.717) is 17.7 Å². The Bertz CT molecular complexity index is 1150. The normalized spacial score (nSPS) is 22.1. The van der Waals surface area contributed by atoms with Gasteiger partial charge in [0.1, 0.15) is 6.10 Å². The lowest BCUT2D eigenvalue weighted by molar-refractivity contribution is -0.0326. The molecule has 2 aromatic heterocycles. The van der Waals surface area contributed by atoms with Gasteiger partial charge in [0.15, 0.2) is 17.5 Å². The maximum atomic E-state index is 14.3. The minimum atomic E-state index is -0.539. The standard InChI is InChI=1S/C24H22F2N4O2/c1-14-8-19(26)23(29-10-14)32-21-9-15-6-7-20(21)30(13-15)24(31)18-5-3-2-4-17(18)22-27-11-16(25)12-28-22/h2-5,8,10-12,15,20-21H,6-7,9,13H2,1H3. The van der Waals surface area contributed by atoms with Crippen molar-refractivity contribution < 1.29 is 18.3 Å². The van der Waals surface area contributed by atoms with E-state index in [1.807, 2.05) is 4.90 Å². The molecule has 2 bridgehead atoms. The van der Waals surface area contributed by atoms with Crippen LogP contribution in [0.25, 0.3) is 11.4 Å². The molecule has 1 aromatic carbocycles. The van der Waals surface area contributed by atoms with E-state index in [-0.39, 0.29) is 35.7 Å². The fraction of sp³-hybridized carbons (Fsp3) is 0.333. The molecule has 3 aliphatic rings. The summed E-state index contributed by atoms with van der Waals surface area (Å²) in [5.41, 5.74) is 1.71. The van der Waals surface area contributed by atoms with Crippen molar-refractivity contribution in [1.29, 1.82) is 0 Å². The Morgan fingerprint density at radius 2 is 1.88 bits per heavy atom. The zero-order valence-electron chi connectivity index (χ0n) is 17.5. The summed E-state index contributed by atoms with van der Waals surface area (Å²) in [7, 11) is 0. The minimum absolute atomic E-state index is 0.0272. The van der Waals surface area contributed by atoms with Gasteiger partial charge in [-0.25, -0.2) is 23.7 Å². The zero-order valence-corrected chi connectivity index (χ0v) is 17.5. The molecule has 6 rings (SSSR count). The van der Waals surface area contributed by atoms with Crippen molar-refractivity contribution in [2.45, 2.75) is 38.3 Å². The number of pyridine rings is 1. The van der Waals surface area contributed by atoms with Gasteiger partial charge in [0.2, 0.25) is 0 Å². The Morgan fingerprint density at radius 3 is 2.62 bits per heavy atom. The number of hydrogen-bond acceptors (Lipinski definition) is 5. The van der Waals surface area contributed by atoms with Gasteiger partial charge in [0, 0.05) is 18.3 Å². The van der Waals surface area contributed by atoms with Gasteiger partial charge in [0.05, 0.1) is 24.0 Å². The molecule has 1 amide bonds. The molecule has 0 spiro atoms. The number of nitrogens with zero attached hydrogens (tertiary/aromatic N) is 4. The fourth-order valence-corrected chi connectivity index (χ4v) is 4.71. The molecule has 32 heavy (non-hydrogen) atoms. The molecular formula is C24H22F2N4O2. The first-order chi connectivity index (χ1) is 15.5. The van der Waals surface area contributed by atoms with E-state index in [1.165, 1.54) is 6.07 Å². The van der Waals surface area contributed by atoms with E-state index < -0.39 is 11.6 Å². The summed E-state index contributed by atoms with van der Waals surface area (Å²) in [6.07, 6.45) is 5.95. The maximum absolute atomic E-state index is 14.3. The third-order valence-corrected chi connectivity index (χ3v) is 6.21. The number of aromatic nitrogens is 3. The third kappa shape index (κ3) is 3.81. The summed E-state index contributed by atoms with van der Waals surface area (Å²) in [5.74, 6) is -0.659. The molecule has 1 aliphatic carbocycles. The monoisotopic (exact) mass is 436 g/mol. The lowest BCUT2D eigenvalue weighted by atomic mass is 9.77. The highest BCUT2D eigenvalue weighted by Gasteiger charge is 2.45. The quantitative estimate of drug-likeness (QED) is 0.613. The van der Waals surface area contributed by atoms with Gasteiger partial charge in [-0.1, -0.05) is 18.2 Å². The second-order valence-corrected chi connectivity index (χ2v) is 8.43. The molecule has 164 valence electrons. The molecule has 6 nitrogen and oxygen atoms in total. The largest absolute Gasteiger partial charge is 0.470 e. The molecule has 0 N–H and O–H groups in total. The van der Waals surface area contributed by atoms with Gasteiger partial charge in [0.25, 0.3) is 11.8 Å². The van der Waals surface area contributed by atoms with Crippen molar-refractivity contribution in [2.24, 2.45) is 5.92 Å². The second kappa shape index (κ2) is 8.26. The van der Waals surface area contributed by atoms with E-state index in [0.717, 1.165) is 37.2 Å². The number of halogens is 2. The lowest BCUT2D eigenvalue weighted by Crippen LogP contribution is -2.59. The molecule has 3 unspecified atom stereocenters. The topological polar surface area (TPSA) is 68.2 Å². The third-order valence-electron chi connectivity index (χ3n) is 6.21. The van der Waals surface area contributed by atoms with Crippen LogP contribution in [0, 0.1) is 24.5 Å². The van der Waals surface area contributed by atoms with Crippen molar-refractivity contribution in [2.75, 3.05) is 6.54 Å². The average Bonchev–Trinajstić information content (AvgIpc) is 2.81. The average molecular weight is 436 g/mol. The summed E-state index contributed by atoms with van der Waals surface area (Å²) in [5, 5.41) is 0. The number of carbonyl (C=O) groups is 1. The first-order valence-corrected chi connectivity index (χ1v) is 10.7. The summed E-state index contributed by atoms with van der Waals surface area (Å²) in [4.78, 5) is 27.6. The summed E-state index contributed by atoms with van der Waals surface area (Å²) >= 11 is 0. The number of hydrogen-bond donors (Lipinski definition) is 0. The van der Waals surface area contributed by atoms with Gasteiger partial charge in [-0.3, -0.25) is 4.79 Å². The molecule has 2 aliphatic heterocycles. The first kappa shape index (κ1) is 20.5. The van der Waals surface area contributed by atoms with Crippen LogP contribution in [-0.4, -0.2) is 44.4 Å². The number of aryl methyl sites for hydroxylation is 1. The first-order valence-electron chi connectivity index (χ1n) is 10.7. The number of ether oxygens (including phenoxy) is 1. The van der Waals surface area contributed by atoms with E-state index in [2.05, 4.69) is 15.0 Å². The molecule has 3 fully saturated rings. The summed E-state index contributed by atoms with van der Waals surface area (Å²) in [6.45, 7) is 2.39. The Morgan fingerprint density at radius 1 is 1.09 bits per heavy atom. The predicted molar refractivity (Wildman–Crippen MR) is 113 cm³/mol. The maximum Gasteiger partial charge on any atom is 0.254 e. The van der Waals surface area contributed by atoms with Gasteiger partial charge in [-0.05, 0) is 49.8 Å². The highest BCUT2D eigenvalue weighted by molar-refractivity contribution is 6.00. The molecule has 1 saturated carbocycles. The van der Waals surface area contributed by atoms with E-state index >= 15 is 0 Å². The predicted octanol–water partition coefficient (Wildman–Crippen LogP) is 4.20. The lowest BCUT2D eigenvalue weighted by Gasteiger charge is -2.49. The molecule has 8 heteroatoms. The molecule has 4 heterocycles. The molecule has 3 aromatic rings. The van der Waals surface area contributed by atoms with Crippen molar-refractivity contribution >= 4 is 5.91 Å². The SMILES string of the molecule is Cc1cnc(OC2CC3CCC2N(C(=O)c2ccccc2-c2ncc(F)cn2)C3)c(F)c1. The molecule has 3 atom stereocenters. The number of amides is 1. The number of rotatable bonds is 4. The van der Waals surface area contributed by atoms with Crippen LogP contribution in [0.15, 0.2) is 48.9 Å². The molecule has 0 radical (unpaired) electrons. The van der Waals surface area contributed by atoms with Crippen LogP contribution in [-0.2, 0) is 0 Å². The molecular weight excluding hydrogens is 414 g/mol. The van der Waals surface area contributed by atoms with Crippen molar-refractivity contribution in [3.05, 3.63) is 71.7 Å². The van der Waals surface area contributed by atoms with E-state index in [9.17, 15) is 13.6 Å². The van der Waals surface area contributed by atoms with Crippen LogP contribution < -0.4 is 4.74 Å². The molecule has 2 saturated heterocycles. The number of fused-ring (bicyclic) bond motifs is 3. The van der Waals surface area contributed by atoms with Crippen LogP contribution in [0.5, 0.6) is 5.88 Å². The van der Waals surface area contributed by atoms with E-state index in [4.69, 9.17) is 4.74 Å². The Hall–Kier alpha value is -3.42. The highest BCUT2D eigenvalue weighted by atomic mass is 19.1. The van der Waals surface area contributed by atoms with Crippen LogP contribution >= 0.6 is 0 Å². The van der Waals surface area contributed by atoms with E-state index in [1.54, 1.807) is 37.4 Å². The fourth-order valence-electron chi connectivity index (χ4n) is 4.71. The Labute approximate surface area is 184 Å². The van der Waals surface area contributed by atoms with Crippen LogP contribution in [0.1, 0.15) is 35.2 Å². The van der Waals surface area contributed by atoms with Crippen molar-refractivity contribution in [3.63, 3.8) is 0 Å². The smallest absolute Gasteiger partial charge is 0.254 e. The van der Waals surface area contributed by atoms with Gasteiger partial charge in [-0.15, -0.1) is 0 Å². The highest BCUT2D eigenvalue weighted by Crippen LogP contribution is 2.38. The second-order valence-electron chi connectivity index (χ2n) is 8.43. The summed E-state index contributed by atoms with van der Waals surface area (Å²) < 4.78 is 33.6. The van der Waals surface area contributed by atoms with Crippen LogP contribution in [0.4, 0.5) is 8.78 Å². The van der Waals surface area contributed by atoms with Gasteiger partial charge < -0.3 is 9.64 Å². The van der Waals surface area contributed by atoms with Crippen LogP contribution in [0.3, 0.4) is 0 Å².